The lowest BCUT2D eigenvalue weighted by atomic mass is 10.3. The van der Waals surface area contributed by atoms with E-state index >= 15 is 0 Å². The molecule has 0 unspecified atom stereocenters. The third-order valence-electron chi connectivity index (χ3n) is 1.20. The molecule has 1 heterocycles. The third-order valence-corrected chi connectivity index (χ3v) is 1.20. The highest BCUT2D eigenvalue weighted by molar-refractivity contribution is 5.44. The highest BCUT2D eigenvalue weighted by Crippen LogP contribution is 2.14. The number of hydrogen-bond donors (Lipinski definition) is 1. The Morgan fingerprint density at radius 3 is 2.91 bits per heavy atom. The van der Waals surface area contributed by atoms with Crippen LogP contribution < -0.4 is 10.5 Å². The van der Waals surface area contributed by atoms with Gasteiger partial charge in [-0.1, -0.05) is 0 Å². The lowest BCUT2D eigenvalue weighted by Gasteiger charge is -2.00. The number of ether oxygens (including phenoxy) is 1. The molecule has 0 saturated carbocycles. The maximum Gasteiger partial charge on any atom is 0.233 e. The SMILES string of the molecule is COc1nc(N)ccc1C#N. The van der Waals surface area contributed by atoms with Gasteiger partial charge < -0.3 is 10.5 Å². The molecule has 0 fully saturated rings. The number of hydrogen-bond acceptors (Lipinski definition) is 4. The Morgan fingerprint density at radius 2 is 2.36 bits per heavy atom. The van der Waals surface area contributed by atoms with Crippen molar-refractivity contribution >= 4 is 5.82 Å². The maximum atomic E-state index is 8.53. The van der Waals surface area contributed by atoms with Gasteiger partial charge in [-0.15, -0.1) is 0 Å². The summed E-state index contributed by atoms with van der Waals surface area (Å²) in [5.74, 6) is 0.619. The zero-order valence-electron chi connectivity index (χ0n) is 6.03. The molecule has 0 saturated heterocycles. The van der Waals surface area contributed by atoms with Crippen molar-refractivity contribution in [2.75, 3.05) is 12.8 Å². The Hall–Kier alpha value is -1.76. The van der Waals surface area contributed by atoms with Crippen molar-refractivity contribution in [2.45, 2.75) is 0 Å². The molecule has 4 nitrogen and oxygen atoms in total. The van der Waals surface area contributed by atoms with Crippen molar-refractivity contribution in [3.8, 4) is 11.9 Å². The van der Waals surface area contributed by atoms with Crippen molar-refractivity contribution < 1.29 is 4.74 Å². The Morgan fingerprint density at radius 1 is 1.64 bits per heavy atom. The van der Waals surface area contributed by atoms with Crippen molar-refractivity contribution in [3.63, 3.8) is 0 Å². The van der Waals surface area contributed by atoms with Crippen LogP contribution >= 0.6 is 0 Å². The maximum absolute atomic E-state index is 8.53. The van der Waals surface area contributed by atoms with E-state index in [2.05, 4.69) is 4.98 Å². The second kappa shape index (κ2) is 2.88. The zero-order valence-corrected chi connectivity index (χ0v) is 6.03. The van der Waals surface area contributed by atoms with Crippen LogP contribution in [-0.4, -0.2) is 12.1 Å². The van der Waals surface area contributed by atoms with Crippen LogP contribution in [0.5, 0.6) is 5.88 Å². The Kier molecular flexibility index (Phi) is 1.93. The van der Waals surface area contributed by atoms with Gasteiger partial charge in [0.05, 0.1) is 7.11 Å². The van der Waals surface area contributed by atoms with Crippen LogP contribution in [0.15, 0.2) is 12.1 Å². The molecule has 0 atom stereocenters. The summed E-state index contributed by atoms with van der Waals surface area (Å²) in [6.45, 7) is 0. The molecule has 1 rings (SSSR count). The number of nitrogens with two attached hydrogens (primary N) is 1. The number of aromatic nitrogens is 1. The van der Waals surface area contributed by atoms with E-state index in [1.807, 2.05) is 6.07 Å². The standard InChI is InChI=1S/C7H7N3O/c1-11-7-5(4-8)2-3-6(9)10-7/h2-3H,1H3,(H2,9,10). The van der Waals surface area contributed by atoms with Crippen molar-refractivity contribution in [3.05, 3.63) is 17.7 Å². The average molecular weight is 149 g/mol. The molecule has 1 aromatic heterocycles. The molecular weight excluding hydrogens is 142 g/mol. The van der Waals surface area contributed by atoms with Gasteiger partial charge in [0, 0.05) is 0 Å². The van der Waals surface area contributed by atoms with Crippen LogP contribution in [0.2, 0.25) is 0 Å². The van der Waals surface area contributed by atoms with Crippen LogP contribution in [-0.2, 0) is 0 Å². The largest absolute Gasteiger partial charge is 0.480 e. The summed E-state index contributed by atoms with van der Waals surface area (Å²) < 4.78 is 4.80. The first-order valence-electron chi connectivity index (χ1n) is 2.98. The van der Waals surface area contributed by atoms with Gasteiger partial charge in [-0.25, -0.2) is 0 Å². The van der Waals surface area contributed by atoms with Crippen molar-refractivity contribution in [2.24, 2.45) is 0 Å². The summed E-state index contributed by atoms with van der Waals surface area (Å²) in [5.41, 5.74) is 5.75. The molecule has 0 radical (unpaired) electrons. The number of nitrogen functional groups attached to an aromatic ring is 1. The molecule has 0 aromatic carbocycles. The summed E-state index contributed by atoms with van der Waals surface area (Å²) in [7, 11) is 1.45. The van der Waals surface area contributed by atoms with Gasteiger partial charge in [0.15, 0.2) is 0 Å². The van der Waals surface area contributed by atoms with E-state index in [4.69, 9.17) is 15.7 Å². The number of rotatable bonds is 1. The molecule has 0 aliphatic carbocycles. The van der Waals surface area contributed by atoms with Gasteiger partial charge in [-0.3, -0.25) is 0 Å². The second-order valence-electron chi connectivity index (χ2n) is 1.90. The minimum Gasteiger partial charge on any atom is -0.480 e. The fourth-order valence-corrected chi connectivity index (χ4v) is 0.695. The summed E-state index contributed by atoms with van der Waals surface area (Å²) in [5, 5.41) is 8.53. The topological polar surface area (TPSA) is 71.9 Å². The van der Waals surface area contributed by atoms with Gasteiger partial charge in [0.1, 0.15) is 17.5 Å². The number of nitrogens with zero attached hydrogens (tertiary/aromatic N) is 2. The normalized spacial score (nSPS) is 8.73. The summed E-state index contributed by atoms with van der Waals surface area (Å²) in [4.78, 5) is 3.80. The molecule has 0 aliphatic rings. The van der Waals surface area contributed by atoms with Gasteiger partial charge in [-0.2, -0.15) is 10.2 Å². The van der Waals surface area contributed by atoms with Crippen molar-refractivity contribution in [1.82, 2.24) is 4.98 Å². The molecule has 4 heteroatoms. The molecule has 0 spiro atoms. The lowest BCUT2D eigenvalue weighted by Crippen LogP contribution is -1.95. The fraction of sp³-hybridized carbons (Fsp3) is 0.143. The third kappa shape index (κ3) is 1.38. The molecule has 56 valence electrons. The molecule has 0 bridgehead atoms. The van der Waals surface area contributed by atoms with E-state index in [0.717, 1.165) is 0 Å². The van der Waals surface area contributed by atoms with E-state index < -0.39 is 0 Å². The first-order valence-corrected chi connectivity index (χ1v) is 2.98. The summed E-state index contributed by atoms with van der Waals surface area (Å²) in [6, 6.07) is 5.06. The number of anilines is 1. The Labute approximate surface area is 64.2 Å². The van der Waals surface area contributed by atoms with E-state index in [1.54, 1.807) is 12.1 Å². The van der Waals surface area contributed by atoms with Crippen molar-refractivity contribution in [1.29, 1.82) is 5.26 Å². The zero-order chi connectivity index (χ0) is 8.27. The van der Waals surface area contributed by atoms with Crippen LogP contribution in [0, 0.1) is 11.3 Å². The molecule has 11 heavy (non-hydrogen) atoms. The quantitative estimate of drug-likeness (QED) is 0.632. The first kappa shape index (κ1) is 7.35. The fourth-order valence-electron chi connectivity index (χ4n) is 0.695. The molecule has 1 aromatic rings. The second-order valence-corrected chi connectivity index (χ2v) is 1.90. The molecule has 0 amide bonds. The molecule has 2 N–H and O–H groups in total. The van der Waals surface area contributed by atoms with Gasteiger partial charge in [-0.05, 0) is 12.1 Å². The highest BCUT2D eigenvalue weighted by Gasteiger charge is 2.02. The molecular formula is C7H7N3O. The van der Waals surface area contributed by atoms with E-state index in [1.165, 1.54) is 7.11 Å². The lowest BCUT2D eigenvalue weighted by molar-refractivity contribution is 0.397. The minimum atomic E-state index is 0.271. The van der Waals surface area contributed by atoms with Crippen LogP contribution in [0.3, 0.4) is 0 Å². The van der Waals surface area contributed by atoms with Gasteiger partial charge in [0.25, 0.3) is 0 Å². The Bertz CT molecular complexity index is 303. The average Bonchev–Trinajstić information content (AvgIpc) is 2.04. The predicted molar refractivity (Wildman–Crippen MR) is 39.9 cm³/mol. The number of nitriles is 1. The van der Waals surface area contributed by atoms with Gasteiger partial charge in [0.2, 0.25) is 5.88 Å². The minimum absolute atomic E-state index is 0.271. The predicted octanol–water partition coefficient (Wildman–Crippen LogP) is 0.544. The smallest absolute Gasteiger partial charge is 0.233 e. The van der Waals surface area contributed by atoms with E-state index in [0.29, 0.717) is 11.4 Å². The van der Waals surface area contributed by atoms with Crippen LogP contribution in [0.1, 0.15) is 5.56 Å². The first-order chi connectivity index (χ1) is 5.27. The number of pyridine rings is 1. The summed E-state index contributed by atoms with van der Waals surface area (Å²) >= 11 is 0. The Balaban J connectivity index is 3.19. The summed E-state index contributed by atoms with van der Waals surface area (Å²) in [6.07, 6.45) is 0. The monoisotopic (exact) mass is 149 g/mol. The van der Waals surface area contributed by atoms with Gasteiger partial charge >= 0.3 is 0 Å². The van der Waals surface area contributed by atoms with E-state index in [-0.39, 0.29) is 5.88 Å². The van der Waals surface area contributed by atoms with Crippen LogP contribution in [0.4, 0.5) is 5.82 Å². The molecule has 0 aliphatic heterocycles. The number of methoxy groups -OCH3 is 1. The van der Waals surface area contributed by atoms with Crippen LogP contribution in [0.25, 0.3) is 0 Å². The highest BCUT2D eigenvalue weighted by atomic mass is 16.5. The van der Waals surface area contributed by atoms with E-state index in [9.17, 15) is 0 Å².